The second kappa shape index (κ2) is 7.01. The van der Waals surface area contributed by atoms with Crippen molar-refractivity contribution in [2.45, 2.75) is 30.4 Å². The standard InChI is InChI=1S/C18H18N2O3S2/c1-3-16-17(21)20(14-7-5-4-6-8-14)18(24-16)19-25(22,23)15-11-9-13(2)10-12-15/h4-12,16H,3H2,1-2H3/b19-18-. The molecule has 25 heavy (non-hydrogen) atoms. The van der Waals surface area contributed by atoms with Gasteiger partial charge in [-0.2, -0.15) is 8.42 Å². The average molecular weight is 374 g/mol. The van der Waals surface area contributed by atoms with Gasteiger partial charge in [0.15, 0.2) is 5.17 Å². The molecular weight excluding hydrogens is 356 g/mol. The predicted molar refractivity (Wildman–Crippen MR) is 101 cm³/mol. The number of sulfonamides is 1. The van der Waals surface area contributed by atoms with Crippen LogP contribution in [0.3, 0.4) is 0 Å². The van der Waals surface area contributed by atoms with Gasteiger partial charge in [-0.05, 0) is 37.6 Å². The first-order valence-corrected chi connectivity index (χ1v) is 10.2. The summed E-state index contributed by atoms with van der Waals surface area (Å²) in [5.41, 5.74) is 1.59. The number of carbonyl (C=O) groups excluding carboxylic acids is 1. The quantitative estimate of drug-likeness (QED) is 0.820. The molecule has 1 aliphatic heterocycles. The summed E-state index contributed by atoms with van der Waals surface area (Å²) in [5.74, 6) is -0.142. The smallest absolute Gasteiger partial charge is 0.273 e. The highest BCUT2D eigenvalue weighted by Crippen LogP contribution is 2.34. The molecule has 1 aliphatic rings. The van der Waals surface area contributed by atoms with Crippen molar-refractivity contribution >= 4 is 38.5 Å². The molecule has 0 bridgehead atoms. The number of hydrogen-bond donors (Lipinski definition) is 0. The van der Waals surface area contributed by atoms with Crippen LogP contribution in [-0.2, 0) is 14.8 Å². The summed E-state index contributed by atoms with van der Waals surface area (Å²) in [5, 5.41) is -0.129. The fraction of sp³-hybridized carbons (Fsp3) is 0.222. The largest absolute Gasteiger partial charge is 0.284 e. The number of para-hydroxylation sites is 1. The molecule has 0 spiro atoms. The van der Waals surface area contributed by atoms with Crippen LogP contribution in [0.4, 0.5) is 5.69 Å². The zero-order valence-electron chi connectivity index (χ0n) is 13.9. The average Bonchev–Trinajstić information content (AvgIpc) is 2.90. The molecule has 2 aromatic rings. The zero-order valence-corrected chi connectivity index (χ0v) is 15.5. The maximum absolute atomic E-state index is 12.6. The van der Waals surface area contributed by atoms with E-state index in [2.05, 4.69) is 4.40 Å². The van der Waals surface area contributed by atoms with Crippen molar-refractivity contribution in [2.24, 2.45) is 4.40 Å². The second-order valence-corrected chi connectivity index (χ2v) is 8.46. The Balaban J connectivity index is 2.04. The summed E-state index contributed by atoms with van der Waals surface area (Å²) in [6, 6.07) is 15.5. The summed E-state index contributed by atoms with van der Waals surface area (Å²) >= 11 is 1.19. The van der Waals surface area contributed by atoms with Crippen LogP contribution in [0, 0.1) is 6.92 Å². The Morgan fingerprint density at radius 2 is 1.72 bits per heavy atom. The molecule has 0 N–H and O–H groups in total. The molecule has 3 rings (SSSR count). The summed E-state index contributed by atoms with van der Waals surface area (Å²) in [4.78, 5) is 14.2. The highest BCUT2D eigenvalue weighted by atomic mass is 32.2. The number of aryl methyl sites for hydroxylation is 1. The Labute approximate surface area is 151 Å². The SMILES string of the molecule is CCC1S/C(=N\S(=O)(=O)c2ccc(C)cc2)N(c2ccccc2)C1=O. The Morgan fingerprint density at radius 3 is 2.32 bits per heavy atom. The van der Waals surface area contributed by atoms with Crippen molar-refractivity contribution < 1.29 is 13.2 Å². The first-order chi connectivity index (χ1) is 11.9. The summed E-state index contributed by atoms with van der Waals surface area (Å²) in [6.45, 7) is 3.78. The lowest BCUT2D eigenvalue weighted by Gasteiger charge is -2.16. The van der Waals surface area contributed by atoms with Crippen molar-refractivity contribution in [1.29, 1.82) is 0 Å². The van der Waals surface area contributed by atoms with E-state index in [4.69, 9.17) is 0 Å². The van der Waals surface area contributed by atoms with Crippen LogP contribution >= 0.6 is 11.8 Å². The van der Waals surface area contributed by atoms with E-state index in [-0.39, 0.29) is 21.2 Å². The third-order valence-electron chi connectivity index (χ3n) is 3.84. The maximum atomic E-state index is 12.6. The van der Waals surface area contributed by atoms with Gasteiger partial charge in [0.1, 0.15) is 0 Å². The lowest BCUT2D eigenvalue weighted by Crippen LogP contribution is -2.32. The van der Waals surface area contributed by atoms with Crippen LogP contribution in [0.1, 0.15) is 18.9 Å². The third kappa shape index (κ3) is 3.62. The van der Waals surface area contributed by atoms with E-state index in [1.54, 1.807) is 36.4 Å². The summed E-state index contributed by atoms with van der Waals surface area (Å²) in [6.07, 6.45) is 0.608. The van der Waals surface area contributed by atoms with Crippen molar-refractivity contribution in [2.75, 3.05) is 4.90 Å². The van der Waals surface area contributed by atoms with Crippen LogP contribution in [0.25, 0.3) is 0 Å². The first-order valence-electron chi connectivity index (χ1n) is 7.89. The number of rotatable bonds is 4. The highest BCUT2D eigenvalue weighted by molar-refractivity contribution is 8.16. The second-order valence-electron chi connectivity index (χ2n) is 5.69. The first kappa shape index (κ1) is 17.7. The lowest BCUT2D eigenvalue weighted by molar-refractivity contribution is -0.116. The molecule has 7 heteroatoms. The highest BCUT2D eigenvalue weighted by Gasteiger charge is 2.39. The molecule has 0 aromatic heterocycles. The van der Waals surface area contributed by atoms with Gasteiger partial charge in [-0.3, -0.25) is 9.69 Å². The van der Waals surface area contributed by atoms with E-state index < -0.39 is 10.0 Å². The minimum Gasteiger partial charge on any atom is -0.273 e. The van der Waals surface area contributed by atoms with Crippen LogP contribution in [0.2, 0.25) is 0 Å². The number of amides is 1. The van der Waals surface area contributed by atoms with Gasteiger partial charge in [0.25, 0.3) is 10.0 Å². The number of amidine groups is 1. The fourth-order valence-electron chi connectivity index (χ4n) is 2.47. The van der Waals surface area contributed by atoms with Crippen LogP contribution < -0.4 is 4.90 Å². The van der Waals surface area contributed by atoms with E-state index in [9.17, 15) is 13.2 Å². The molecule has 1 heterocycles. The van der Waals surface area contributed by atoms with Gasteiger partial charge in [0, 0.05) is 0 Å². The van der Waals surface area contributed by atoms with E-state index >= 15 is 0 Å². The third-order valence-corrected chi connectivity index (χ3v) is 6.54. The zero-order chi connectivity index (χ0) is 18.0. The van der Waals surface area contributed by atoms with Gasteiger partial charge in [0.2, 0.25) is 5.91 Å². The normalized spacial score (nSPS) is 19.6. The molecule has 1 saturated heterocycles. The van der Waals surface area contributed by atoms with Crippen molar-refractivity contribution in [1.82, 2.24) is 0 Å². The monoisotopic (exact) mass is 374 g/mol. The molecule has 0 saturated carbocycles. The molecule has 1 fully saturated rings. The Hall–Kier alpha value is -2.12. The molecule has 0 radical (unpaired) electrons. The van der Waals surface area contributed by atoms with Crippen LogP contribution in [0.15, 0.2) is 63.9 Å². The van der Waals surface area contributed by atoms with Crippen molar-refractivity contribution in [3.63, 3.8) is 0 Å². The van der Waals surface area contributed by atoms with Gasteiger partial charge >= 0.3 is 0 Å². The van der Waals surface area contributed by atoms with Gasteiger partial charge in [-0.25, -0.2) is 0 Å². The number of hydrogen-bond acceptors (Lipinski definition) is 4. The number of benzene rings is 2. The minimum absolute atomic E-state index is 0.117. The fourth-order valence-corrected chi connectivity index (χ4v) is 4.74. The predicted octanol–water partition coefficient (Wildman–Crippen LogP) is 3.60. The van der Waals surface area contributed by atoms with E-state index in [1.165, 1.54) is 28.8 Å². The Morgan fingerprint density at radius 1 is 1.08 bits per heavy atom. The number of thioether (sulfide) groups is 1. The molecule has 5 nitrogen and oxygen atoms in total. The van der Waals surface area contributed by atoms with Gasteiger partial charge < -0.3 is 0 Å². The number of carbonyl (C=O) groups is 1. The molecular formula is C18H18N2O3S2. The summed E-state index contributed by atoms with van der Waals surface area (Å²) < 4.78 is 29.2. The minimum atomic E-state index is -3.88. The van der Waals surface area contributed by atoms with Crippen molar-refractivity contribution in [3.05, 3.63) is 60.2 Å². The van der Waals surface area contributed by atoms with Gasteiger partial charge in [-0.1, -0.05) is 54.6 Å². The van der Waals surface area contributed by atoms with E-state index in [0.717, 1.165) is 5.56 Å². The van der Waals surface area contributed by atoms with E-state index in [1.807, 2.05) is 19.9 Å². The molecule has 1 unspecified atom stereocenters. The van der Waals surface area contributed by atoms with Crippen LogP contribution in [0.5, 0.6) is 0 Å². The molecule has 2 aromatic carbocycles. The summed E-state index contributed by atoms with van der Waals surface area (Å²) in [7, 11) is -3.88. The van der Waals surface area contributed by atoms with Gasteiger partial charge in [0.05, 0.1) is 15.8 Å². The van der Waals surface area contributed by atoms with Crippen LogP contribution in [-0.4, -0.2) is 24.7 Å². The lowest BCUT2D eigenvalue weighted by atomic mass is 10.2. The molecule has 1 amide bonds. The molecule has 130 valence electrons. The Bertz CT molecular complexity index is 907. The topological polar surface area (TPSA) is 66.8 Å². The number of anilines is 1. The molecule has 1 atom stereocenters. The van der Waals surface area contributed by atoms with Crippen molar-refractivity contribution in [3.8, 4) is 0 Å². The Kier molecular flexibility index (Phi) is 4.96. The van der Waals surface area contributed by atoms with E-state index in [0.29, 0.717) is 12.1 Å². The number of nitrogens with zero attached hydrogens (tertiary/aromatic N) is 2. The maximum Gasteiger partial charge on any atom is 0.284 e. The van der Waals surface area contributed by atoms with Gasteiger partial charge in [-0.15, -0.1) is 4.40 Å². The molecule has 0 aliphatic carbocycles.